The number of aliphatic hydroxyl groups excluding tert-OH is 1. The van der Waals surface area contributed by atoms with Gasteiger partial charge in [-0.05, 0) is 36.8 Å². The van der Waals surface area contributed by atoms with Crippen LogP contribution in [0.1, 0.15) is 12.5 Å². The molecule has 1 unspecified atom stereocenters. The molecular weight excluding hydrogens is 276 g/mol. The minimum Gasteiger partial charge on any atom is -0.435 e. The Hall–Kier alpha value is -2.14. The lowest BCUT2D eigenvalue weighted by atomic mass is 9.92. The molecule has 0 aliphatic rings. The lowest BCUT2D eigenvalue weighted by molar-refractivity contribution is -0.0499. The van der Waals surface area contributed by atoms with Gasteiger partial charge in [-0.2, -0.15) is 8.78 Å². The van der Waals surface area contributed by atoms with Gasteiger partial charge in [-0.1, -0.05) is 30.3 Å². The molecule has 2 rings (SSSR count). The predicted molar refractivity (Wildman–Crippen MR) is 77.6 cm³/mol. The van der Waals surface area contributed by atoms with Gasteiger partial charge in [-0.15, -0.1) is 0 Å². The molecule has 1 atom stereocenters. The van der Waals surface area contributed by atoms with E-state index in [-0.39, 0.29) is 12.4 Å². The van der Waals surface area contributed by atoms with Crippen LogP contribution in [0.5, 0.6) is 5.75 Å². The highest BCUT2D eigenvalue weighted by Gasteiger charge is 2.26. The van der Waals surface area contributed by atoms with Gasteiger partial charge in [-0.3, -0.25) is 0 Å². The highest BCUT2D eigenvalue weighted by Crippen LogP contribution is 2.28. The third-order valence-electron chi connectivity index (χ3n) is 3.21. The number of halogens is 2. The summed E-state index contributed by atoms with van der Waals surface area (Å²) in [5.74, 6) is 0.0667. The van der Waals surface area contributed by atoms with Gasteiger partial charge in [0.1, 0.15) is 5.75 Å². The smallest absolute Gasteiger partial charge is 0.387 e. The molecule has 112 valence electrons. The minimum atomic E-state index is -2.87. The van der Waals surface area contributed by atoms with Crippen LogP contribution in [-0.4, -0.2) is 18.3 Å². The Labute approximate surface area is 122 Å². The normalized spacial score (nSPS) is 13.8. The van der Waals surface area contributed by atoms with Crippen LogP contribution >= 0.6 is 0 Å². The number of benzene rings is 2. The van der Waals surface area contributed by atoms with Crippen molar-refractivity contribution >= 4 is 5.69 Å². The first-order chi connectivity index (χ1) is 10.0. The summed E-state index contributed by atoms with van der Waals surface area (Å²) < 4.78 is 29.0. The van der Waals surface area contributed by atoms with Gasteiger partial charge in [0.25, 0.3) is 0 Å². The maximum Gasteiger partial charge on any atom is 0.387 e. The maximum absolute atomic E-state index is 12.3. The van der Waals surface area contributed by atoms with E-state index in [2.05, 4.69) is 10.1 Å². The van der Waals surface area contributed by atoms with Gasteiger partial charge >= 0.3 is 6.61 Å². The van der Waals surface area contributed by atoms with Gasteiger partial charge in [0, 0.05) is 5.69 Å². The summed E-state index contributed by atoms with van der Waals surface area (Å²) in [6, 6.07) is 15.7. The predicted octanol–water partition coefficient (Wildman–Crippen LogP) is 3.61. The van der Waals surface area contributed by atoms with Crippen molar-refractivity contribution in [1.29, 1.82) is 0 Å². The summed E-state index contributed by atoms with van der Waals surface area (Å²) in [6.45, 7) is -1.27. The van der Waals surface area contributed by atoms with Gasteiger partial charge < -0.3 is 15.2 Å². The van der Waals surface area contributed by atoms with E-state index in [1.165, 1.54) is 12.1 Å². The Morgan fingerprint density at radius 1 is 1.14 bits per heavy atom. The zero-order chi connectivity index (χ0) is 15.3. The van der Waals surface area contributed by atoms with Crippen molar-refractivity contribution in [2.75, 3.05) is 11.9 Å². The molecule has 3 nitrogen and oxygen atoms in total. The Bertz CT molecular complexity index is 577. The van der Waals surface area contributed by atoms with Gasteiger partial charge in [0.05, 0.1) is 12.1 Å². The lowest BCUT2D eigenvalue weighted by Gasteiger charge is -2.31. The molecule has 0 bridgehead atoms. The first-order valence-electron chi connectivity index (χ1n) is 6.53. The van der Waals surface area contributed by atoms with Crippen LogP contribution < -0.4 is 10.1 Å². The summed E-state index contributed by atoms with van der Waals surface area (Å²) in [6.07, 6.45) is 0. The average molecular weight is 293 g/mol. The first-order valence-corrected chi connectivity index (χ1v) is 6.53. The average Bonchev–Trinajstić information content (AvgIpc) is 2.48. The van der Waals surface area contributed by atoms with Crippen molar-refractivity contribution in [1.82, 2.24) is 0 Å². The van der Waals surface area contributed by atoms with Crippen LogP contribution in [0.3, 0.4) is 0 Å². The van der Waals surface area contributed by atoms with E-state index in [0.717, 1.165) is 5.69 Å². The molecular formula is C16H17F2NO2. The zero-order valence-corrected chi connectivity index (χ0v) is 11.6. The quantitative estimate of drug-likeness (QED) is 0.855. The molecule has 5 heteroatoms. The van der Waals surface area contributed by atoms with E-state index in [4.69, 9.17) is 0 Å². The van der Waals surface area contributed by atoms with E-state index in [1.54, 1.807) is 19.1 Å². The molecule has 0 radical (unpaired) electrons. The second kappa shape index (κ2) is 6.54. The summed E-state index contributed by atoms with van der Waals surface area (Å²) >= 11 is 0. The van der Waals surface area contributed by atoms with Crippen molar-refractivity contribution < 1.29 is 18.6 Å². The molecule has 0 fully saturated rings. The Kier molecular flexibility index (Phi) is 4.75. The molecule has 0 spiro atoms. The number of ether oxygens (including phenoxy) is 1. The van der Waals surface area contributed by atoms with Crippen molar-refractivity contribution in [3.05, 3.63) is 60.2 Å². The standard InChI is InChI=1S/C16H17F2NO2/c1-16(11-20,19-13-7-3-2-4-8-13)12-6-5-9-14(10-12)21-15(17)18/h2-10,15,19-20H,11H2,1H3. The molecule has 21 heavy (non-hydrogen) atoms. The molecule has 0 amide bonds. The van der Waals surface area contributed by atoms with Crippen LogP contribution in [0, 0.1) is 0 Å². The lowest BCUT2D eigenvalue weighted by Crippen LogP contribution is -2.35. The molecule has 0 aromatic heterocycles. The fourth-order valence-electron chi connectivity index (χ4n) is 2.06. The zero-order valence-electron chi connectivity index (χ0n) is 11.6. The Balaban J connectivity index is 2.27. The number of aliphatic hydroxyl groups is 1. The van der Waals surface area contributed by atoms with Crippen LogP contribution in [-0.2, 0) is 5.54 Å². The van der Waals surface area contributed by atoms with E-state index < -0.39 is 12.2 Å². The van der Waals surface area contributed by atoms with E-state index in [1.807, 2.05) is 30.3 Å². The number of hydrogen-bond acceptors (Lipinski definition) is 3. The van der Waals surface area contributed by atoms with Gasteiger partial charge in [0.2, 0.25) is 0 Å². The number of alkyl halides is 2. The van der Waals surface area contributed by atoms with Crippen molar-refractivity contribution in [3.63, 3.8) is 0 Å². The topological polar surface area (TPSA) is 41.5 Å². The summed E-state index contributed by atoms with van der Waals surface area (Å²) in [5, 5.41) is 12.9. The number of rotatable bonds is 6. The summed E-state index contributed by atoms with van der Waals surface area (Å²) in [7, 11) is 0. The van der Waals surface area contributed by atoms with E-state index in [9.17, 15) is 13.9 Å². The molecule has 0 heterocycles. The first kappa shape index (κ1) is 15.3. The minimum absolute atomic E-state index is 0.0667. The molecule has 2 aromatic carbocycles. The number of anilines is 1. The molecule has 0 aliphatic heterocycles. The SMILES string of the molecule is CC(CO)(Nc1ccccc1)c1cccc(OC(F)F)c1. The van der Waals surface area contributed by atoms with Crippen molar-refractivity contribution in [2.24, 2.45) is 0 Å². The summed E-state index contributed by atoms with van der Waals surface area (Å²) in [5.41, 5.74) is 0.685. The van der Waals surface area contributed by atoms with Crippen LogP contribution in [0.15, 0.2) is 54.6 Å². The molecule has 2 aromatic rings. The third kappa shape index (κ3) is 3.92. The number of nitrogens with one attached hydrogen (secondary N) is 1. The monoisotopic (exact) mass is 293 g/mol. The van der Waals surface area contributed by atoms with E-state index in [0.29, 0.717) is 5.56 Å². The second-order valence-electron chi connectivity index (χ2n) is 4.89. The Morgan fingerprint density at radius 3 is 2.48 bits per heavy atom. The van der Waals surface area contributed by atoms with Crippen LogP contribution in [0.2, 0.25) is 0 Å². The fraction of sp³-hybridized carbons (Fsp3) is 0.250. The van der Waals surface area contributed by atoms with Crippen LogP contribution in [0.25, 0.3) is 0 Å². The Morgan fingerprint density at radius 2 is 1.86 bits per heavy atom. The second-order valence-corrected chi connectivity index (χ2v) is 4.89. The van der Waals surface area contributed by atoms with Gasteiger partial charge in [0.15, 0.2) is 0 Å². The number of hydrogen-bond donors (Lipinski definition) is 2. The third-order valence-corrected chi connectivity index (χ3v) is 3.21. The van der Waals surface area contributed by atoms with Gasteiger partial charge in [-0.25, -0.2) is 0 Å². The fourth-order valence-corrected chi connectivity index (χ4v) is 2.06. The highest BCUT2D eigenvalue weighted by molar-refractivity contribution is 5.48. The largest absolute Gasteiger partial charge is 0.435 e. The highest BCUT2D eigenvalue weighted by atomic mass is 19.3. The summed E-state index contributed by atoms with van der Waals surface area (Å²) in [4.78, 5) is 0. The van der Waals surface area contributed by atoms with Crippen molar-refractivity contribution in [3.8, 4) is 5.75 Å². The molecule has 2 N–H and O–H groups in total. The molecule has 0 saturated heterocycles. The number of para-hydroxylation sites is 1. The maximum atomic E-state index is 12.3. The van der Waals surface area contributed by atoms with Crippen LogP contribution in [0.4, 0.5) is 14.5 Å². The van der Waals surface area contributed by atoms with E-state index >= 15 is 0 Å². The van der Waals surface area contributed by atoms with Crippen molar-refractivity contribution in [2.45, 2.75) is 19.1 Å². The molecule has 0 saturated carbocycles. The molecule has 0 aliphatic carbocycles.